The monoisotopic (exact) mass is 468 g/mol. The van der Waals surface area contributed by atoms with Crippen LogP contribution in [0.4, 0.5) is 16.8 Å². The van der Waals surface area contributed by atoms with Gasteiger partial charge in [-0.3, -0.25) is 9.80 Å². The normalized spacial score (nSPS) is 22.8. The molecule has 8 nitrogen and oxygen atoms in total. The number of piperazine rings is 1. The quantitative estimate of drug-likeness (QED) is 0.647. The van der Waals surface area contributed by atoms with E-state index < -0.39 is 0 Å². The minimum atomic E-state index is 0.626. The summed E-state index contributed by atoms with van der Waals surface area (Å²) >= 11 is 1.46. The summed E-state index contributed by atoms with van der Waals surface area (Å²) in [7, 11) is 0. The molecule has 0 aromatic carbocycles. The fraction of sp³-hybridized carbons (Fsp3) is 0.667. The number of fused-ring (bicyclic) bond motifs is 1. The molecule has 0 bridgehead atoms. The molecule has 1 N–H and O–H groups in total. The summed E-state index contributed by atoms with van der Waals surface area (Å²) < 4.78 is 4.35. The minimum absolute atomic E-state index is 0.626. The van der Waals surface area contributed by atoms with Crippen molar-refractivity contribution in [3.05, 3.63) is 23.5 Å². The van der Waals surface area contributed by atoms with Crippen molar-refractivity contribution < 1.29 is 0 Å². The topological polar surface area (TPSA) is 84.2 Å². The van der Waals surface area contributed by atoms with Gasteiger partial charge in [0, 0.05) is 57.4 Å². The highest BCUT2D eigenvalue weighted by molar-refractivity contribution is 7.10. The first-order chi connectivity index (χ1) is 16.0. The Morgan fingerprint density at radius 3 is 2.76 bits per heavy atom. The molecule has 2 atom stereocenters. The molecule has 0 amide bonds. The average Bonchev–Trinajstić information content (AvgIpc) is 3.45. The lowest BCUT2D eigenvalue weighted by Crippen LogP contribution is -2.53. The molecule has 1 aliphatic carbocycles. The van der Waals surface area contributed by atoms with E-state index in [1.165, 1.54) is 62.9 Å². The van der Waals surface area contributed by atoms with Crippen LogP contribution in [0.5, 0.6) is 0 Å². The maximum atomic E-state index is 7.32. The molecule has 2 aliphatic heterocycles. The zero-order valence-electron chi connectivity index (χ0n) is 20.3. The average molecular weight is 469 g/mol. The molecule has 0 spiro atoms. The molecule has 33 heavy (non-hydrogen) atoms. The van der Waals surface area contributed by atoms with Crippen LogP contribution in [0.1, 0.15) is 57.2 Å². The van der Waals surface area contributed by atoms with Gasteiger partial charge in [-0.25, -0.2) is 4.98 Å². The highest BCUT2D eigenvalue weighted by atomic mass is 32.1. The molecule has 178 valence electrons. The first-order valence-corrected chi connectivity index (χ1v) is 12.9. The molecule has 2 aromatic heterocycles. The molecule has 5 rings (SSSR count). The van der Waals surface area contributed by atoms with Gasteiger partial charge in [0.05, 0.1) is 18.4 Å². The number of anilines is 3. The second-order valence-electron chi connectivity index (χ2n) is 9.49. The summed E-state index contributed by atoms with van der Waals surface area (Å²) in [5, 5.41) is 11.7. The number of nitrogens with zero attached hydrogens (tertiary/aromatic N) is 7. The summed E-state index contributed by atoms with van der Waals surface area (Å²) in [6.07, 6.45) is 5.90. The Kier molecular flexibility index (Phi) is 7.78. The lowest BCUT2D eigenvalue weighted by Gasteiger charge is -2.40. The van der Waals surface area contributed by atoms with Crippen molar-refractivity contribution in [2.45, 2.75) is 58.9 Å². The van der Waals surface area contributed by atoms with E-state index >= 15 is 0 Å². The van der Waals surface area contributed by atoms with Crippen molar-refractivity contribution in [2.24, 2.45) is 5.92 Å². The zero-order valence-corrected chi connectivity index (χ0v) is 21.1. The minimum Gasteiger partial charge on any atom is -0.343 e. The Balaban J connectivity index is 0.000000821. The Hall–Kier alpha value is -2.28. The Morgan fingerprint density at radius 2 is 2.09 bits per heavy atom. The standard InChI is InChI=1S/C22H33N7S.C2H3N/c1-4-28(14-27-7-8-29-12-15(2)9-18(29)13-27)21-19(17-5-6-17)11-23-22(25-21)24-20-10-16(3)26-30-20;1-2-3/h10-11,15,17-18H,4-9,12-14H2,1-3H3,(H,23,24,25);1H3. The van der Waals surface area contributed by atoms with Gasteiger partial charge in [-0.2, -0.15) is 14.6 Å². The molecule has 2 aromatic rings. The second-order valence-corrected chi connectivity index (χ2v) is 10.3. The van der Waals surface area contributed by atoms with E-state index in [4.69, 9.17) is 10.2 Å². The van der Waals surface area contributed by atoms with E-state index in [0.717, 1.165) is 48.2 Å². The van der Waals surface area contributed by atoms with Gasteiger partial charge in [-0.1, -0.05) is 6.92 Å². The van der Waals surface area contributed by atoms with Crippen LogP contribution in [0.25, 0.3) is 0 Å². The SMILES string of the molecule is CC#N.CCN(CN1CCN2CC(C)CC2C1)c1nc(Nc2cc(C)ns2)ncc1C1CC1. The van der Waals surface area contributed by atoms with Gasteiger partial charge in [0.2, 0.25) is 5.95 Å². The molecule has 1 saturated carbocycles. The summed E-state index contributed by atoms with van der Waals surface area (Å²) in [6, 6.07) is 4.52. The van der Waals surface area contributed by atoms with Gasteiger partial charge in [-0.05, 0) is 62.5 Å². The molecular weight excluding hydrogens is 432 g/mol. The maximum Gasteiger partial charge on any atom is 0.229 e. The van der Waals surface area contributed by atoms with E-state index in [-0.39, 0.29) is 0 Å². The third-order valence-corrected chi connectivity index (χ3v) is 7.43. The number of aromatic nitrogens is 3. The van der Waals surface area contributed by atoms with Crippen LogP contribution in [0.3, 0.4) is 0 Å². The van der Waals surface area contributed by atoms with Gasteiger partial charge in [0.25, 0.3) is 0 Å². The number of rotatable bonds is 7. The van der Waals surface area contributed by atoms with Crippen molar-refractivity contribution >= 4 is 28.3 Å². The Bertz CT molecular complexity index is 966. The Morgan fingerprint density at radius 1 is 1.30 bits per heavy atom. The number of hydrogen-bond acceptors (Lipinski definition) is 9. The molecular formula is C24H36N8S. The van der Waals surface area contributed by atoms with Crippen LogP contribution < -0.4 is 10.2 Å². The highest BCUT2D eigenvalue weighted by Gasteiger charge is 2.35. The number of hydrogen-bond donors (Lipinski definition) is 1. The first kappa shape index (κ1) is 23.9. The van der Waals surface area contributed by atoms with Crippen molar-refractivity contribution in [1.82, 2.24) is 24.1 Å². The van der Waals surface area contributed by atoms with Gasteiger partial charge < -0.3 is 10.2 Å². The van der Waals surface area contributed by atoms with Crippen LogP contribution in [0.2, 0.25) is 0 Å². The fourth-order valence-corrected chi connectivity index (χ4v) is 5.61. The number of aryl methyl sites for hydroxylation is 1. The number of nitriles is 1. The summed E-state index contributed by atoms with van der Waals surface area (Å²) in [5.41, 5.74) is 2.34. The van der Waals surface area contributed by atoms with Gasteiger partial charge in [0.1, 0.15) is 10.8 Å². The summed E-state index contributed by atoms with van der Waals surface area (Å²) in [4.78, 5) is 17.4. The maximum absolute atomic E-state index is 7.32. The van der Waals surface area contributed by atoms with E-state index in [9.17, 15) is 0 Å². The van der Waals surface area contributed by atoms with Crippen molar-refractivity contribution in [3.8, 4) is 6.07 Å². The fourth-order valence-electron chi connectivity index (χ4n) is 4.96. The molecule has 2 saturated heterocycles. The first-order valence-electron chi connectivity index (χ1n) is 12.1. The smallest absolute Gasteiger partial charge is 0.229 e. The summed E-state index contributed by atoms with van der Waals surface area (Å²) in [5.74, 6) is 3.25. The van der Waals surface area contributed by atoms with Crippen molar-refractivity contribution in [2.75, 3.05) is 49.6 Å². The van der Waals surface area contributed by atoms with Crippen LogP contribution in [0.15, 0.2) is 12.3 Å². The van der Waals surface area contributed by atoms with Gasteiger partial charge >= 0.3 is 0 Å². The van der Waals surface area contributed by atoms with Gasteiger partial charge in [-0.15, -0.1) is 0 Å². The highest BCUT2D eigenvalue weighted by Crippen LogP contribution is 2.44. The molecule has 9 heteroatoms. The predicted octanol–water partition coefficient (Wildman–Crippen LogP) is 4.20. The van der Waals surface area contributed by atoms with E-state index in [2.05, 4.69) is 49.4 Å². The van der Waals surface area contributed by atoms with Crippen LogP contribution >= 0.6 is 11.5 Å². The molecule has 0 radical (unpaired) electrons. The third kappa shape index (κ3) is 5.99. The Labute approximate surface area is 201 Å². The number of nitrogens with one attached hydrogen (secondary N) is 1. The zero-order chi connectivity index (χ0) is 23.4. The largest absolute Gasteiger partial charge is 0.343 e. The molecule has 4 heterocycles. The van der Waals surface area contributed by atoms with Crippen LogP contribution in [-0.2, 0) is 0 Å². The summed E-state index contributed by atoms with van der Waals surface area (Å²) in [6.45, 7) is 14.8. The second kappa shape index (κ2) is 10.8. The van der Waals surface area contributed by atoms with E-state index in [0.29, 0.717) is 11.9 Å². The van der Waals surface area contributed by atoms with Crippen LogP contribution in [-0.4, -0.2) is 69.6 Å². The van der Waals surface area contributed by atoms with E-state index in [1.807, 2.05) is 13.0 Å². The van der Waals surface area contributed by atoms with Crippen molar-refractivity contribution in [1.29, 1.82) is 5.26 Å². The van der Waals surface area contributed by atoms with Gasteiger partial charge in [0.15, 0.2) is 0 Å². The molecule has 3 fully saturated rings. The lowest BCUT2D eigenvalue weighted by atomic mass is 10.1. The third-order valence-electron chi connectivity index (χ3n) is 6.64. The van der Waals surface area contributed by atoms with Crippen molar-refractivity contribution in [3.63, 3.8) is 0 Å². The van der Waals surface area contributed by atoms with Crippen LogP contribution in [0, 0.1) is 24.2 Å². The lowest BCUT2D eigenvalue weighted by molar-refractivity contribution is 0.104. The molecule has 3 aliphatic rings. The molecule has 2 unspecified atom stereocenters. The van der Waals surface area contributed by atoms with E-state index in [1.54, 1.807) is 6.07 Å². The predicted molar refractivity (Wildman–Crippen MR) is 134 cm³/mol.